The first-order valence-electron chi connectivity index (χ1n) is 8.14. The summed E-state index contributed by atoms with van der Waals surface area (Å²) >= 11 is 0. The first-order valence-corrected chi connectivity index (χ1v) is 8.14. The van der Waals surface area contributed by atoms with E-state index in [1.807, 2.05) is 0 Å². The minimum Gasteiger partial charge on any atom is -0.288 e. The van der Waals surface area contributed by atoms with Crippen molar-refractivity contribution in [3.8, 4) is 5.69 Å². The largest absolute Gasteiger partial charge is 0.433 e. The summed E-state index contributed by atoms with van der Waals surface area (Å²) in [7, 11) is 0. The second-order valence-corrected chi connectivity index (χ2v) is 6.15. The van der Waals surface area contributed by atoms with E-state index in [4.69, 9.17) is 0 Å². The summed E-state index contributed by atoms with van der Waals surface area (Å²) in [6.45, 7) is 0. The number of nitrogens with one attached hydrogen (secondary N) is 1. The SMILES string of the molecule is O=C(c1ccnc(C(F)(F)F)c1)c1c(C(F)(F)F)[nH]n(-c2ccnc(C(F)(F)F)c2)c1=O. The van der Waals surface area contributed by atoms with Gasteiger partial charge in [-0.1, -0.05) is 0 Å². The zero-order valence-corrected chi connectivity index (χ0v) is 15.0. The standard InChI is InChI=1S/C17H7F9N4O2/c18-15(19,20)9-5-7(1-3-27-9)12(31)11-13(17(24,25)26)29-30(14(11)32)8-2-4-28-10(6-8)16(21,22)23/h1-6,29H. The lowest BCUT2D eigenvalue weighted by atomic mass is 10.0. The molecule has 1 N–H and O–H groups in total. The monoisotopic (exact) mass is 470 g/mol. The van der Waals surface area contributed by atoms with E-state index >= 15 is 0 Å². The topological polar surface area (TPSA) is 80.6 Å². The van der Waals surface area contributed by atoms with Gasteiger partial charge in [-0.15, -0.1) is 0 Å². The van der Waals surface area contributed by atoms with Crippen LogP contribution in [0.1, 0.15) is 33.0 Å². The van der Waals surface area contributed by atoms with E-state index in [1.54, 1.807) is 0 Å². The van der Waals surface area contributed by atoms with Crippen LogP contribution in [0, 0.1) is 0 Å². The van der Waals surface area contributed by atoms with Crippen LogP contribution in [0.5, 0.6) is 0 Å². The number of carbonyl (C=O) groups is 1. The fourth-order valence-corrected chi connectivity index (χ4v) is 2.62. The summed E-state index contributed by atoms with van der Waals surface area (Å²) in [6.07, 6.45) is -14.3. The fraction of sp³-hybridized carbons (Fsp3) is 0.176. The molecule has 0 radical (unpaired) electrons. The first kappa shape index (κ1) is 23.0. The quantitative estimate of drug-likeness (QED) is 0.459. The van der Waals surface area contributed by atoms with Crippen LogP contribution in [-0.4, -0.2) is 25.5 Å². The summed E-state index contributed by atoms with van der Waals surface area (Å²) in [4.78, 5) is 31.1. The van der Waals surface area contributed by atoms with Gasteiger partial charge in [-0.2, -0.15) is 39.5 Å². The van der Waals surface area contributed by atoms with Crippen LogP contribution in [0.3, 0.4) is 0 Å². The van der Waals surface area contributed by atoms with Crippen molar-refractivity contribution in [2.45, 2.75) is 18.5 Å². The van der Waals surface area contributed by atoms with Crippen molar-refractivity contribution in [1.29, 1.82) is 0 Å². The number of pyridine rings is 2. The second kappa shape index (κ2) is 7.49. The van der Waals surface area contributed by atoms with Crippen LogP contribution < -0.4 is 5.56 Å². The number of hydrogen-bond acceptors (Lipinski definition) is 4. The molecule has 3 aromatic rings. The third-order valence-corrected chi connectivity index (χ3v) is 4.01. The molecule has 0 amide bonds. The molecule has 15 heteroatoms. The van der Waals surface area contributed by atoms with Gasteiger partial charge in [0, 0.05) is 18.0 Å². The van der Waals surface area contributed by atoms with Gasteiger partial charge >= 0.3 is 18.5 Å². The molecule has 0 fully saturated rings. The van der Waals surface area contributed by atoms with Crippen LogP contribution >= 0.6 is 0 Å². The lowest BCUT2D eigenvalue weighted by molar-refractivity contribution is -0.142. The van der Waals surface area contributed by atoms with Gasteiger partial charge in [0.15, 0.2) is 5.69 Å². The van der Waals surface area contributed by atoms with Gasteiger partial charge in [0.05, 0.1) is 5.69 Å². The Bertz CT molecular complexity index is 1240. The highest BCUT2D eigenvalue weighted by molar-refractivity contribution is 6.09. The number of ketones is 1. The molecule has 6 nitrogen and oxygen atoms in total. The van der Waals surface area contributed by atoms with Gasteiger partial charge in [0.25, 0.3) is 5.56 Å². The van der Waals surface area contributed by atoms with Crippen molar-refractivity contribution >= 4 is 5.78 Å². The minimum absolute atomic E-state index is 0.0127. The van der Waals surface area contributed by atoms with Crippen molar-refractivity contribution in [3.63, 3.8) is 0 Å². The highest BCUT2D eigenvalue weighted by Crippen LogP contribution is 2.33. The Morgan fingerprint density at radius 2 is 1.34 bits per heavy atom. The van der Waals surface area contributed by atoms with Gasteiger partial charge in [0.2, 0.25) is 5.78 Å². The van der Waals surface area contributed by atoms with Gasteiger partial charge in [-0.05, 0) is 24.3 Å². The zero-order chi connectivity index (χ0) is 24.1. The van der Waals surface area contributed by atoms with Crippen molar-refractivity contribution in [2.24, 2.45) is 0 Å². The van der Waals surface area contributed by atoms with E-state index in [0.29, 0.717) is 18.5 Å². The molecule has 0 saturated heterocycles. The molecule has 170 valence electrons. The van der Waals surface area contributed by atoms with Gasteiger partial charge < -0.3 is 0 Å². The molecule has 0 aliphatic carbocycles. The van der Waals surface area contributed by atoms with E-state index in [0.717, 1.165) is 6.07 Å². The average Bonchev–Trinajstić information content (AvgIpc) is 3.04. The number of H-pyrrole nitrogens is 1. The van der Waals surface area contributed by atoms with Gasteiger partial charge in [0.1, 0.15) is 17.0 Å². The van der Waals surface area contributed by atoms with Crippen molar-refractivity contribution in [1.82, 2.24) is 19.7 Å². The molecule has 32 heavy (non-hydrogen) atoms. The van der Waals surface area contributed by atoms with Gasteiger partial charge in [-0.3, -0.25) is 24.7 Å². The van der Waals surface area contributed by atoms with Crippen LogP contribution in [0.2, 0.25) is 0 Å². The third-order valence-electron chi connectivity index (χ3n) is 4.01. The number of rotatable bonds is 3. The zero-order valence-electron chi connectivity index (χ0n) is 15.0. The molecule has 0 spiro atoms. The Hall–Kier alpha value is -3.65. The normalized spacial score (nSPS) is 12.8. The number of hydrogen-bond donors (Lipinski definition) is 1. The maximum atomic E-state index is 13.5. The first-order chi connectivity index (χ1) is 14.6. The van der Waals surface area contributed by atoms with Crippen LogP contribution in [0.4, 0.5) is 39.5 Å². The maximum absolute atomic E-state index is 13.5. The number of nitrogens with zero attached hydrogens (tertiary/aromatic N) is 3. The molecule has 0 saturated carbocycles. The number of aromatic nitrogens is 4. The summed E-state index contributed by atoms with van der Waals surface area (Å²) in [5, 5.41) is 1.51. The fourth-order valence-electron chi connectivity index (χ4n) is 2.62. The van der Waals surface area contributed by atoms with E-state index in [-0.39, 0.29) is 16.8 Å². The summed E-state index contributed by atoms with van der Waals surface area (Å²) < 4.78 is 117. The molecule has 0 bridgehead atoms. The minimum atomic E-state index is -5.38. The Balaban J connectivity index is 2.21. The Morgan fingerprint density at radius 1 is 0.812 bits per heavy atom. The van der Waals surface area contributed by atoms with E-state index in [1.165, 1.54) is 5.10 Å². The average molecular weight is 470 g/mol. The summed E-state index contributed by atoms with van der Waals surface area (Å²) in [6, 6.07) is 1.81. The molecule has 3 heterocycles. The van der Waals surface area contributed by atoms with Crippen LogP contribution in [0.15, 0.2) is 41.5 Å². The third kappa shape index (κ3) is 4.36. The van der Waals surface area contributed by atoms with Crippen molar-refractivity contribution < 1.29 is 44.3 Å². The van der Waals surface area contributed by atoms with Gasteiger partial charge in [-0.25, -0.2) is 4.68 Å². The highest BCUT2D eigenvalue weighted by atomic mass is 19.4. The number of halogens is 9. The summed E-state index contributed by atoms with van der Waals surface area (Å²) in [5.41, 5.74) is -10.1. The molecule has 0 atom stereocenters. The Morgan fingerprint density at radius 3 is 1.88 bits per heavy atom. The molecule has 3 aromatic heterocycles. The predicted octanol–water partition coefficient (Wildman–Crippen LogP) is 4.24. The molecular formula is C17H7F9N4O2. The Kier molecular flexibility index (Phi) is 5.39. The number of alkyl halides is 9. The molecule has 0 unspecified atom stereocenters. The highest BCUT2D eigenvalue weighted by Gasteiger charge is 2.41. The second-order valence-electron chi connectivity index (χ2n) is 6.15. The Labute approximate surface area is 170 Å². The van der Waals surface area contributed by atoms with Crippen molar-refractivity contribution in [2.75, 3.05) is 0 Å². The molecular weight excluding hydrogens is 463 g/mol. The predicted molar refractivity (Wildman–Crippen MR) is 86.9 cm³/mol. The van der Waals surface area contributed by atoms with E-state index < -0.39 is 63.8 Å². The van der Waals surface area contributed by atoms with Crippen LogP contribution in [0.25, 0.3) is 5.69 Å². The lowest BCUT2D eigenvalue weighted by Crippen LogP contribution is -2.23. The molecule has 0 aliphatic heterocycles. The van der Waals surface area contributed by atoms with E-state index in [9.17, 15) is 49.1 Å². The van der Waals surface area contributed by atoms with E-state index in [2.05, 4.69) is 9.97 Å². The molecule has 3 rings (SSSR count). The molecule has 0 aliphatic rings. The summed E-state index contributed by atoms with van der Waals surface area (Å²) in [5.74, 6) is -1.74. The lowest BCUT2D eigenvalue weighted by Gasteiger charge is -2.08. The number of aromatic amines is 1. The maximum Gasteiger partial charge on any atom is 0.433 e. The molecule has 0 aromatic carbocycles. The van der Waals surface area contributed by atoms with Crippen molar-refractivity contribution in [3.05, 3.63) is 75.2 Å². The smallest absolute Gasteiger partial charge is 0.288 e. The van der Waals surface area contributed by atoms with Crippen LogP contribution in [-0.2, 0) is 18.5 Å². The number of carbonyl (C=O) groups excluding carboxylic acids is 1.